The molecule has 0 spiro atoms. The lowest BCUT2D eigenvalue weighted by atomic mass is 9.97. The molecule has 4 heterocycles. The van der Waals surface area contributed by atoms with Crippen molar-refractivity contribution in [3.05, 3.63) is 66.7 Å². The number of nitrogens with one attached hydrogen (secondary N) is 2. The Morgan fingerprint density at radius 1 is 1.22 bits per heavy atom. The average Bonchev–Trinajstić information content (AvgIpc) is 3.58. The highest BCUT2D eigenvalue weighted by Gasteiger charge is 2.43. The summed E-state index contributed by atoms with van der Waals surface area (Å²) in [5.74, 6) is 0.243. The molecule has 1 atom stereocenters. The predicted molar refractivity (Wildman–Crippen MR) is 135 cm³/mol. The van der Waals surface area contributed by atoms with Gasteiger partial charge in [-0.1, -0.05) is 0 Å². The van der Waals surface area contributed by atoms with Crippen LogP contribution < -0.4 is 15.4 Å². The van der Waals surface area contributed by atoms with Crippen molar-refractivity contribution in [1.82, 2.24) is 30.0 Å². The minimum Gasteiger partial charge on any atom is -0.477 e. The number of aromatic nitrogens is 5. The van der Waals surface area contributed by atoms with Crippen LogP contribution in [-0.2, 0) is 11.8 Å². The van der Waals surface area contributed by atoms with Crippen molar-refractivity contribution in [2.45, 2.75) is 12.0 Å². The van der Waals surface area contributed by atoms with Crippen LogP contribution in [0.5, 0.6) is 5.75 Å². The van der Waals surface area contributed by atoms with Gasteiger partial charge in [0.05, 0.1) is 23.1 Å². The molecule has 37 heavy (non-hydrogen) atoms. The SMILES string of the molecule is Cn1cc(-c2cc(Nc3nccc(-c4ccc(O[C@]5(C(=O)CO)CCNC5)c(C#N)c4)n3)ccn2)cn1. The summed E-state index contributed by atoms with van der Waals surface area (Å²) in [6.07, 6.45) is 7.36. The molecule has 1 fully saturated rings. The Bertz CT molecular complexity index is 1490. The number of aryl methyl sites for hydroxylation is 1. The van der Waals surface area contributed by atoms with Gasteiger partial charge in [-0.15, -0.1) is 0 Å². The first-order valence-corrected chi connectivity index (χ1v) is 11.6. The number of carbonyl (C=O) groups excluding carboxylic acids is 1. The van der Waals surface area contributed by atoms with Crippen molar-refractivity contribution >= 4 is 17.4 Å². The largest absolute Gasteiger partial charge is 0.477 e. The third kappa shape index (κ3) is 5.02. The van der Waals surface area contributed by atoms with Gasteiger partial charge in [-0.05, 0) is 42.9 Å². The fourth-order valence-corrected chi connectivity index (χ4v) is 4.20. The molecule has 0 amide bonds. The second-order valence-corrected chi connectivity index (χ2v) is 8.65. The molecule has 11 heteroatoms. The summed E-state index contributed by atoms with van der Waals surface area (Å²) >= 11 is 0. The number of hydrogen-bond acceptors (Lipinski definition) is 10. The van der Waals surface area contributed by atoms with Crippen molar-refractivity contribution in [1.29, 1.82) is 5.26 Å². The van der Waals surface area contributed by atoms with Gasteiger partial charge in [0.25, 0.3) is 0 Å². The summed E-state index contributed by atoms with van der Waals surface area (Å²) in [6, 6.07) is 12.7. The molecular weight excluding hydrogens is 472 g/mol. The molecule has 11 nitrogen and oxygen atoms in total. The highest BCUT2D eigenvalue weighted by atomic mass is 16.5. The minimum absolute atomic E-state index is 0.262. The van der Waals surface area contributed by atoms with Crippen LogP contribution in [0, 0.1) is 11.3 Å². The Labute approximate surface area is 212 Å². The van der Waals surface area contributed by atoms with E-state index >= 15 is 0 Å². The number of rotatable bonds is 8. The lowest BCUT2D eigenvalue weighted by Gasteiger charge is -2.28. The first-order chi connectivity index (χ1) is 18.0. The van der Waals surface area contributed by atoms with Gasteiger partial charge in [-0.3, -0.25) is 14.5 Å². The molecule has 1 aliphatic rings. The van der Waals surface area contributed by atoms with E-state index in [1.54, 1.807) is 47.5 Å². The number of benzene rings is 1. The number of aliphatic hydroxyl groups excluding tert-OH is 1. The standard InChI is InChI=1S/C26H24N8O3/c1-34-14-19(13-31-34)22-11-20(4-7-29-22)32-25-30-8-5-21(33-25)17-2-3-23(18(10-17)12-27)37-26(24(36)15-35)6-9-28-16-26/h2-5,7-8,10-11,13-14,28,35H,6,9,15-16H2,1H3,(H,29,30,32,33)/t26-/m1/s1. The molecule has 0 unspecified atom stereocenters. The Balaban J connectivity index is 1.38. The predicted octanol–water partition coefficient (Wildman–Crippen LogP) is 2.23. The van der Waals surface area contributed by atoms with Crippen molar-refractivity contribution in [3.8, 4) is 34.3 Å². The number of ether oxygens (including phenoxy) is 1. The summed E-state index contributed by atoms with van der Waals surface area (Å²) in [5.41, 5.74) is 2.78. The Hall–Kier alpha value is -4.66. The number of nitriles is 1. The summed E-state index contributed by atoms with van der Waals surface area (Å²) in [4.78, 5) is 25.7. The fourth-order valence-electron chi connectivity index (χ4n) is 4.20. The number of carbonyl (C=O) groups is 1. The number of anilines is 2. The zero-order valence-corrected chi connectivity index (χ0v) is 20.0. The summed E-state index contributed by atoms with van der Waals surface area (Å²) in [7, 11) is 1.85. The minimum atomic E-state index is -1.19. The lowest BCUT2D eigenvalue weighted by Crippen LogP contribution is -2.48. The molecule has 186 valence electrons. The number of ketones is 1. The maximum Gasteiger partial charge on any atom is 0.227 e. The molecule has 0 saturated carbocycles. The summed E-state index contributed by atoms with van der Waals surface area (Å²) < 4.78 is 7.74. The first kappa shape index (κ1) is 24.1. The topological polar surface area (TPSA) is 151 Å². The monoisotopic (exact) mass is 496 g/mol. The van der Waals surface area contributed by atoms with Crippen molar-refractivity contribution in [2.75, 3.05) is 25.0 Å². The zero-order chi connectivity index (χ0) is 25.8. The normalized spacial score (nSPS) is 16.8. The molecule has 0 bridgehead atoms. The van der Waals surface area contributed by atoms with Crippen molar-refractivity contribution in [3.63, 3.8) is 0 Å². The van der Waals surface area contributed by atoms with Crippen LogP contribution in [0.2, 0.25) is 0 Å². The van der Waals surface area contributed by atoms with Gasteiger partial charge < -0.3 is 20.5 Å². The van der Waals surface area contributed by atoms with E-state index in [0.717, 1.165) is 16.9 Å². The lowest BCUT2D eigenvalue weighted by molar-refractivity contribution is -0.136. The zero-order valence-electron chi connectivity index (χ0n) is 20.0. The molecule has 0 radical (unpaired) electrons. The summed E-state index contributed by atoms with van der Waals surface area (Å²) in [5, 5.41) is 29.7. The van der Waals surface area contributed by atoms with Gasteiger partial charge in [-0.2, -0.15) is 10.4 Å². The second kappa shape index (κ2) is 10.1. The van der Waals surface area contributed by atoms with E-state index in [1.807, 2.05) is 25.4 Å². The number of aliphatic hydroxyl groups is 1. The maximum absolute atomic E-state index is 12.4. The summed E-state index contributed by atoms with van der Waals surface area (Å²) in [6.45, 7) is 0.237. The highest BCUT2D eigenvalue weighted by molar-refractivity contribution is 5.89. The van der Waals surface area contributed by atoms with E-state index in [2.05, 4.69) is 36.8 Å². The van der Waals surface area contributed by atoms with Crippen LogP contribution in [0.25, 0.3) is 22.5 Å². The smallest absolute Gasteiger partial charge is 0.227 e. The van der Waals surface area contributed by atoms with Gasteiger partial charge in [-0.25, -0.2) is 9.97 Å². The van der Waals surface area contributed by atoms with E-state index in [-0.39, 0.29) is 17.9 Å². The van der Waals surface area contributed by atoms with Crippen LogP contribution in [0.4, 0.5) is 11.6 Å². The molecule has 3 aromatic heterocycles. The average molecular weight is 497 g/mol. The van der Waals surface area contributed by atoms with Crippen LogP contribution >= 0.6 is 0 Å². The van der Waals surface area contributed by atoms with Crippen LogP contribution in [0.3, 0.4) is 0 Å². The second-order valence-electron chi connectivity index (χ2n) is 8.65. The molecule has 1 aliphatic heterocycles. The fraction of sp³-hybridized carbons (Fsp3) is 0.231. The maximum atomic E-state index is 12.4. The number of pyridine rings is 1. The van der Waals surface area contributed by atoms with E-state index in [4.69, 9.17) is 4.74 Å². The van der Waals surface area contributed by atoms with E-state index < -0.39 is 18.0 Å². The quantitative estimate of drug-likeness (QED) is 0.331. The molecule has 1 saturated heterocycles. The number of hydrogen-bond donors (Lipinski definition) is 3. The third-order valence-electron chi connectivity index (χ3n) is 6.14. The van der Waals surface area contributed by atoms with Crippen LogP contribution in [0.15, 0.2) is 61.2 Å². The molecule has 4 aromatic rings. The highest BCUT2D eigenvalue weighted by Crippen LogP contribution is 2.31. The molecule has 3 N–H and O–H groups in total. The van der Waals surface area contributed by atoms with E-state index in [9.17, 15) is 15.2 Å². The Morgan fingerprint density at radius 3 is 2.81 bits per heavy atom. The van der Waals surface area contributed by atoms with Gasteiger partial charge >= 0.3 is 0 Å². The number of Topliss-reactive ketones (excluding diaryl/α,β-unsaturated/α-hetero) is 1. The van der Waals surface area contributed by atoms with Gasteiger partial charge in [0.15, 0.2) is 5.60 Å². The van der Waals surface area contributed by atoms with Gasteiger partial charge in [0.2, 0.25) is 11.7 Å². The molecule has 0 aliphatic carbocycles. The Kier molecular flexibility index (Phi) is 6.59. The molecular formula is C26H24N8O3. The number of nitrogens with zero attached hydrogens (tertiary/aromatic N) is 6. The Morgan fingerprint density at radius 2 is 2.08 bits per heavy atom. The molecule has 5 rings (SSSR count). The van der Waals surface area contributed by atoms with Crippen molar-refractivity contribution in [2.24, 2.45) is 7.05 Å². The third-order valence-corrected chi connectivity index (χ3v) is 6.14. The van der Waals surface area contributed by atoms with Crippen molar-refractivity contribution < 1.29 is 14.6 Å². The van der Waals surface area contributed by atoms with Crippen LogP contribution in [-0.4, -0.2) is 60.9 Å². The molecule has 1 aromatic carbocycles. The van der Waals surface area contributed by atoms with E-state index in [1.165, 1.54) is 0 Å². The first-order valence-electron chi connectivity index (χ1n) is 11.6. The van der Waals surface area contributed by atoms with Crippen LogP contribution in [0.1, 0.15) is 12.0 Å². The van der Waals surface area contributed by atoms with Gasteiger partial charge in [0, 0.05) is 55.4 Å². The van der Waals surface area contributed by atoms with E-state index in [0.29, 0.717) is 30.2 Å². The van der Waals surface area contributed by atoms with Gasteiger partial charge in [0.1, 0.15) is 18.4 Å².